The summed E-state index contributed by atoms with van der Waals surface area (Å²) in [6, 6.07) is 3.30. The summed E-state index contributed by atoms with van der Waals surface area (Å²) in [5.74, 6) is 0.483. The van der Waals surface area contributed by atoms with Gasteiger partial charge in [0.2, 0.25) is 0 Å². The SMILES string of the molecule is OCc1cc(Cl)c(OCCCBr)c(Cl)c1. The summed E-state index contributed by atoms with van der Waals surface area (Å²) in [5.41, 5.74) is 0.679. The van der Waals surface area contributed by atoms with Crippen LogP contribution in [0.3, 0.4) is 0 Å². The van der Waals surface area contributed by atoms with Crippen LogP contribution in [-0.4, -0.2) is 17.0 Å². The van der Waals surface area contributed by atoms with Crippen LogP contribution in [0.15, 0.2) is 12.1 Å². The molecule has 1 aromatic rings. The first-order valence-corrected chi connectivity index (χ1v) is 6.34. The molecule has 0 unspecified atom stereocenters. The minimum absolute atomic E-state index is 0.0822. The summed E-state index contributed by atoms with van der Waals surface area (Å²) in [7, 11) is 0. The topological polar surface area (TPSA) is 29.5 Å². The van der Waals surface area contributed by atoms with E-state index >= 15 is 0 Å². The average molecular weight is 314 g/mol. The molecule has 0 radical (unpaired) electrons. The quantitative estimate of drug-likeness (QED) is 0.664. The average Bonchev–Trinajstić information content (AvgIpc) is 2.22. The van der Waals surface area contributed by atoms with Crippen LogP contribution in [0.4, 0.5) is 0 Å². The van der Waals surface area contributed by atoms with E-state index in [0.717, 1.165) is 11.8 Å². The van der Waals surface area contributed by atoms with Crippen molar-refractivity contribution in [2.75, 3.05) is 11.9 Å². The van der Waals surface area contributed by atoms with Crippen LogP contribution in [0.5, 0.6) is 5.75 Å². The zero-order valence-electron chi connectivity index (χ0n) is 7.97. The maximum absolute atomic E-state index is 8.93. The second-order valence-corrected chi connectivity index (χ2v) is 4.55. The number of ether oxygens (including phenoxy) is 1. The third-order valence-electron chi connectivity index (χ3n) is 1.77. The molecule has 0 heterocycles. The lowest BCUT2D eigenvalue weighted by Gasteiger charge is -2.10. The molecule has 0 spiro atoms. The van der Waals surface area contributed by atoms with E-state index in [-0.39, 0.29) is 6.61 Å². The molecule has 1 aromatic carbocycles. The molecule has 2 nitrogen and oxygen atoms in total. The van der Waals surface area contributed by atoms with Crippen molar-refractivity contribution in [3.05, 3.63) is 27.7 Å². The number of hydrogen-bond acceptors (Lipinski definition) is 2. The number of aliphatic hydroxyl groups excluding tert-OH is 1. The summed E-state index contributed by atoms with van der Waals surface area (Å²) in [5, 5.41) is 10.7. The summed E-state index contributed by atoms with van der Waals surface area (Å²) >= 11 is 15.2. The first kappa shape index (κ1) is 13.1. The maximum Gasteiger partial charge on any atom is 0.156 e. The highest BCUT2D eigenvalue weighted by molar-refractivity contribution is 9.09. The van der Waals surface area contributed by atoms with E-state index in [0.29, 0.717) is 28.0 Å². The lowest BCUT2D eigenvalue weighted by atomic mass is 10.2. The Morgan fingerprint density at radius 1 is 1.27 bits per heavy atom. The van der Waals surface area contributed by atoms with Gasteiger partial charge in [0.1, 0.15) is 0 Å². The molecular weight excluding hydrogens is 303 g/mol. The van der Waals surface area contributed by atoms with Gasteiger partial charge in [-0.2, -0.15) is 0 Å². The first-order chi connectivity index (χ1) is 7.19. The predicted octanol–water partition coefficient (Wildman–Crippen LogP) is 3.65. The molecule has 0 amide bonds. The zero-order chi connectivity index (χ0) is 11.3. The number of halogens is 3. The molecule has 0 aliphatic rings. The van der Waals surface area contributed by atoms with Gasteiger partial charge < -0.3 is 9.84 Å². The van der Waals surface area contributed by atoms with E-state index in [4.69, 9.17) is 33.0 Å². The number of aliphatic hydroxyl groups is 1. The minimum atomic E-state index is -0.0822. The molecule has 0 fully saturated rings. The van der Waals surface area contributed by atoms with Gasteiger partial charge in [-0.25, -0.2) is 0 Å². The van der Waals surface area contributed by atoms with Crippen LogP contribution in [0.25, 0.3) is 0 Å². The van der Waals surface area contributed by atoms with Crippen molar-refractivity contribution in [2.45, 2.75) is 13.0 Å². The third-order valence-corrected chi connectivity index (χ3v) is 2.89. The van der Waals surface area contributed by atoms with Crippen molar-refractivity contribution >= 4 is 39.1 Å². The van der Waals surface area contributed by atoms with Crippen molar-refractivity contribution < 1.29 is 9.84 Å². The van der Waals surface area contributed by atoms with E-state index in [2.05, 4.69) is 15.9 Å². The molecule has 0 saturated heterocycles. The van der Waals surface area contributed by atoms with Crippen molar-refractivity contribution in [1.29, 1.82) is 0 Å². The molecule has 1 rings (SSSR count). The van der Waals surface area contributed by atoms with Gasteiger partial charge >= 0.3 is 0 Å². The Labute approximate surface area is 107 Å². The Bertz CT molecular complexity index is 308. The van der Waals surface area contributed by atoms with Gasteiger partial charge in [0, 0.05) is 5.33 Å². The molecule has 0 aliphatic carbocycles. The standard InChI is InChI=1S/C10H11BrCl2O2/c11-2-1-3-15-10-8(12)4-7(6-14)5-9(10)13/h4-5,14H,1-3,6H2. The Hall–Kier alpha value is 0.0400. The molecule has 0 bridgehead atoms. The van der Waals surface area contributed by atoms with Crippen molar-refractivity contribution in [1.82, 2.24) is 0 Å². The third kappa shape index (κ3) is 3.83. The van der Waals surface area contributed by atoms with Crippen molar-refractivity contribution in [2.24, 2.45) is 0 Å². The van der Waals surface area contributed by atoms with Gasteiger partial charge in [-0.15, -0.1) is 0 Å². The van der Waals surface area contributed by atoms with Crippen LogP contribution in [0, 0.1) is 0 Å². The van der Waals surface area contributed by atoms with E-state index in [1.807, 2.05) is 0 Å². The molecule has 0 aromatic heterocycles. The fourth-order valence-corrected chi connectivity index (χ4v) is 1.94. The summed E-state index contributed by atoms with van der Waals surface area (Å²) in [4.78, 5) is 0. The highest BCUT2D eigenvalue weighted by Gasteiger charge is 2.09. The number of benzene rings is 1. The van der Waals surface area contributed by atoms with Crippen LogP contribution in [-0.2, 0) is 6.61 Å². The Morgan fingerprint density at radius 3 is 2.33 bits per heavy atom. The second kappa shape index (κ2) is 6.59. The van der Waals surface area contributed by atoms with Crippen LogP contribution >= 0.6 is 39.1 Å². The molecule has 15 heavy (non-hydrogen) atoms. The largest absolute Gasteiger partial charge is 0.490 e. The highest BCUT2D eigenvalue weighted by atomic mass is 79.9. The zero-order valence-corrected chi connectivity index (χ0v) is 11.1. The first-order valence-electron chi connectivity index (χ1n) is 4.46. The van der Waals surface area contributed by atoms with E-state index in [1.165, 1.54) is 0 Å². The van der Waals surface area contributed by atoms with Crippen molar-refractivity contribution in [3.63, 3.8) is 0 Å². The second-order valence-electron chi connectivity index (χ2n) is 2.94. The lowest BCUT2D eigenvalue weighted by Crippen LogP contribution is -1.99. The minimum Gasteiger partial charge on any atom is -0.490 e. The van der Waals surface area contributed by atoms with E-state index in [9.17, 15) is 0 Å². The van der Waals surface area contributed by atoms with E-state index in [1.54, 1.807) is 12.1 Å². The lowest BCUT2D eigenvalue weighted by molar-refractivity contribution is 0.281. The van der Waals surface area contributed by atoms with Crippen LogP contribution in [0.2, 0.25) is 10.0 Å². The van der Waals surface area contributed by atoms with Gasteiger partial charge in [-0.3, -0.25) is 0 Å². The van der Waals surface area contributed by atoms with Gasteiger partial charge in [-0.05, 0) is 24.1 Å². The van der Waals surface area contributed by atoms with Gasteiger partial charge in [-0.1, -0.05) is 39.1 Å². The Kier molecular flexibility index (Phi) is 5.75. The molecule has 1 N–H and O–H groups in total. The Morgan fingerprint density at radius 2 is 1.87 bits per heavy atom. The molecule has 0 saturated carbocycles. The molecule has 0 aliphatic heterocycles. The fourth-order valence-electron chi connectivity index (χ4n) is 1.07. The van der Waals surface area contributed by atoms with Gasteiger partial charge in [0.15, 0.2) is 5.75 Å². The summed E-state index contributed by atoms with van der Waals surface area (Å²) < 4.78 is 5.43. The molecule has 84 valence electrons. The van der Waals surface area contributed by atoms with Crippen LogP contribution < -0.4 is 4.74 Å². The van der Waals surface area contributed by atoms with Crippen LogP contribution in [0.1, 0.15) is 12.0 Å². The summed E-state index contributed by atoms with van der Waals surface area (Å²) in [6.07, 6.45) is 0.883. The normalized spacial score (nSPS) is 10.4. The molecule has 5 heteroatoms. The predicted molar refractivity (Wildman–Crippen MR) is 66.3 cm³/mol. The highest BCUT2D eigenvalue weighted by Crippen LogP contribution is 2.34. The number of alkyl halides is 1. The van der Waals surface area contributed by atoms with Crippen molar-refractivity contribution in [3.8, 4) is 5.75 Å². The van der Waals surface area contributed by atoms with Gasteiger partial charge in [0.05, 0.1) is 23.3 Å². The monoisotopic (exact) mass is 312 g/mol. The molecular formula is C10H11BrCl2O2. The Balaban J connectivity index is 2.79. The molecule has 0 atom stereocenters. The maximum atomic E-state index is 8.93. The number of rotatable bonds is 5. The summed E-state index contributed by atoms with van der Waals surface area (Å²) in [6.45, 7) is 0.476. The van der Waals surface area contributed by atoms with Gasteiger partial charge in [0.25, 0.3) is 0 Å². The number of hydrogen-bond donors (Lipinski definition) is 1. The smallest absolute Gasteiger partial charge is 0.156 e. The fraction of sp³-hybridized carbons (Fsp3) is 0.400. The van der Waals surface area contributed by atoms with E-state index < -0.39 is 0 Å².